The Labute approximate surface area is 252 Å². The summed E-state index contributed by atoms with van der Waals surface area (Å²) < 4.78 is 47.0. The van der Waals surface area contributed by atoms with Crippen LogP contribution in [0.3, 0.4) is 0 Å². The molecule has 3 unspecified atom stereocenters. The summed E-state index contributed by atoms with van der Waals surface area (Å²) in [5.74, 6) is 1.91. The first-order valence-corrected chi connectivity index (χ1v) is 16.1. The highest BCUT2D eigenvalue weighted by molar-refractivity contribution is 7.85. The number of Topliss-reactive ketones (excluding diaryl/α,β-unsaturated/α-hetero) is 1. The topological polar surface area (TPSA) is 183 Å². The molecule has 2 bridgehead atoms. The molecule has 43 heavy (non-hydrogen) atoms. The number of carbonyl (C=O) groups is 2. The summed E-state index contributed by atoms with van der Waals surface area (Å²) in [5, 5.41) is 3.62. The number of carbonyl (C=O) groups excluding carboxylic acids is 2. The van der Waals surface area contributed by atoms with Crippen LogP contribution in [0.5, 0.6) is 11.5 Å². The lowest BCUT2D eigenvalue weighted by atomic mass is 9.70. The van der Waals surface area contributed by atoms with Crippen LogP contribution in [-0.4, -0.2) is 87.4 Å². The van der Waals surface area contributed by atoms with E-state index in [2.05, 4.69) is 15.3 Å². The predicted molar refractivity (Wildman–Crippen MR) is 162 cm³/mol. The summed E-state index contributed by atoms with van der Waals surface area (Å²) in [6, 6.07) is 3.55. The molecule has 4 N–H and O–H groups in total. The number of rotatable bonds is 10. The van der Waals surface area contributed by atoms with Crippen molar-refractivity contribution in [1.29, 1.82) is 0 Å². The number of methoxy groups -OCH3 is 2. The average molecular weight is 622 g/mol. The molecule has 2 aliphatic carbocycles. The third-order valence-electron chi connectivity index (χ3n) is 9.32. The number of ether oxygens (including phenoxy) is 3. The molecule has 1 aliphatic heterocycles. The van der Waals surface area contributed by atoms with Gasteiger partial charge in [-0.2, -0.15) is 13.4 Å². The van der Waals surface area contributed by atoms with Crippen molar-refractivity contribution in [3.8, 4) is 11.5 Å². The highest BCUT2D eigenvalue weighted by Crippen LogP contribution is 2.64. The molecule has 14 heteroatoms. The predicted octanol–water partition coefficient (Wildman–Crippen LogP) is 2.62. The minimum Gasteiger partial charge on any atom is -0.493 e. The minimum atomic E-state index is -4.08. The summed E-state index contributed by atoms with van der Waals surface area (Å²) in [6.45, 7) is 5.79. The standard InChI is InChI=1S/C19H27N5O4.C10H16O4S/c1-24(8-5-7-21-18(25)14-6-4-9-28-14)19-22-13-11-16(27-3)15(26-2)10-12(13)17(20)23-19;1-9(2)7-3-4-10(9,8(11)5-7)6-15(12,13)14/h10-11,14H,4-9H2,1-3H3,(H,21,25)(H2,20,22,23);7H,3-6H2,1-2H3,(H,12,13,14). The van der Waals surface area contributed by atoms with Crippen LogP contribution in [0.4, 0.5) is 11.8 Å². The maximum Gasteiger partial charge on any atom is 0.265 e. The molecule has 3 atom stereocenters. The first-order chi connectivity index (χ1) is 20.2. The van der Waals surface area contributed by atoms with E-state index >= 15 is 0 Å². The number of hydrogen-bond donors (Lipinski definition) is 3. The van der Waals surface area contributed by atoms with Crippen LogP contribution >= 0.6 is 0 Å². The summed E-state index contributed by atoms with van der Waals surface area (Å²) in [7, 11) is 0.961. The van der Waals surface area contributed by atoms with Crippen LogP contribution < -0.4 is 25.4 Å². The average Bonchev–Trinajstić information content (AvgIpc) is 3.61. The molecule has 13 nitrogen and oxygen atoms in total. The van der Waals surface area contributed by atoms with Gasteiger partial charge in [-0.3, -0.25) is 14.1 Å². The Morgan fingerprint density at radius 1 is 1.21 bits per heavy atom. The van der Waals surface area contributed by atoms with Gasteiger partial charge >= 0.3 is 0 Å². The molecule has 2 aromatic rings. The Morgan fingerprint density at radius 2 is 1.91 bits per heavy atom. The van der Waals surface area contributed by atoms with E-state index in [-0.39, 0.29) is 29.1 Å². The summed E-state index contributed by atoms with van der Waals surface area (Å²) in [5.41, 5.74) is 5.69. The van der Waals surface area contributed by atoms with Gasteiger partial charge in [-0.05, 0) is 49.5 Å². The maximum atomic E-state index is 12.0. The fourth-order valence-corrected chi connectivity index (χ4v) is 7.88. The van der Waals surface area contributed by atoms with Crippen molar-refractivity contribution in [3.63, 3.8) is 0 Å². The Kier molecular flexibility index (Phi) is 9.72. The SMILES string of the molecule is CC1(C)C2CCC1(CS(=O)(=O)O)C(=O)C2.COc1cc2nc(N(C)CCCNC(=O)C3CCCO3)nc(N)c2cc1OC. The molecule has 3 aliphatic rings. The molecular formula is C29H43N5O8S. The van der Waals surface area contributed by atoms with E-state index in [9.17, 15) is 18.0 Å². The molecule has 0 spiro atoms. The highest BCUT2D eigenvalue weighted by atomic mass is 32.2. The number of ketones is 1. The number of anilines is 2. The zero-order valence-corrected chi connectivity index (χ0v) is 26.3. The first-order valence-electron chi connectivity index (χ1n) is 14.5. The molecule has 3 fully saturated rings. The van der Waals surface area contributed by atoms with Crippen molar-refractivity contribution in [2.75, 3.05) is 57.4 Å². The van der Waals surface area contributed by atoms with E-state index in [1.807, 2.05) is 25.8 Å². The summed E-state index contributed by atoms with van der Waals surface area (Å²) in [6.07, 6.45) is 4.17. The second-order valence-corrected chi connectivity index (χ2v) is 13.5. The number of nitrogen functional groups attached to an aromatic ring is 1. The Balaban J connectivity index is 0.000000237. The van der Waals surface area contributed by atoms with Gasteiger partial charge in [-0.15, -0.1) is 0 Å². The molecule has 5 rings (SSSR count). The first kappa shape index (κ1) is 32.7. The molecule has 1 amide bonds. The Morgan fingerprint density at radius 3 is 2.47 bits per heavy atom. The molecule has 1 saturated heterocycles. The number of fused-ring (bicyclic) bond motifs is 3. The Bertz CT molecular complexity index is 1460. The number of hydrogen-bond acceptors (Lipinski definition) is 11. The quantitative estimate of drug-likeness (QED) is 0.261. The fourth-order valence-electron chi connectivity index (χ4n) is 6.58. The molecule has 0 radical (unpaired) electrons. The van der Waals surface area contributed by atoms with E-state index in [1.165, 1.54) is 0 Å². The van der Waals surface area contributed by atoms with Crippen LogP contribution in [0.1, 0.15) is 52.4 Å². The van der Waals surface area contributed by atoms with Gasteiger partial charge < -0.3 is 30.2 Å². The second-order valence-electron chi connectivity index (χ2n) is 12.1. The molecule has 1 aromatic heterocycles. The monoisotopic (exact) mass is 621 g/mol. The minimum absolute atomic E-state index is 0.0152. The molecule has 1 aromatic carbocycles. The van der Waals surface area contributed by atoms with Gasteiger partial charge in [0.1, 0.15) is 17.7 Å². The smallest absolute Gasteiger partial charge is 0.265 e. The summed E-state index contributed by atoms with van der Waals surface area (Å²) >= 11 is 0. The van der Waals surface area contributed by atoms with Crippen molar-refractivity contribution >= 4 is 44.5 Å². The largest absolute Gasteiger partial charge is 0.493 e. The van der Waals surface area contributed by atoms with Gasteiger partial charge in [0, 0.05) is 44.6 Å². The van der Waals surface area contributed by atoms with Gasteiger partial charge in [0.2, 0.25) is 11.9 Å². The molecule has 2 saturated carbocycles. The number of aromatic nitrogens is 2. The van der Waals surface area contributed by atoms with Crippen molar-refractivity contribution in [1.82, 2.24) is 15.3 Å². The van der Waals surface area contributed by atoms with Crippen molar-refractivity contribution in [2.45, 2.75) is 58.5 Å². The van der Waals surface area contributed by atoms with Crippen molar-refractivity contribution in [2.24, 2.45) is 16.7 Å². The van der Waals surface area contributed by atoms with Crippen molar-refractivity contribution < 1.29 is 36.8 Å². The third kappa shape index (κ3) is 6.80. The van der Waals surface area contributed by atoms with Gasteiger partial charge in [0.15, 0.2) is 11.5 Å². The van der Waals surface area contributed by atoms with Gasteiger partial charge in [0.05, 0.1) is 30.9 Å². The lowest BCUT2D eigenvalue weighted by Crippen LogP contribution is -2.42. The van der Waals surface area contributed by atoms with E-state index in [1.54, 1.807) is 26.4 Å². The lowest BCUT2D eigenvalue weighted by Gasteiger charge is -2.35. The van der Waals surface area contributed by atoms with Gasteiger partial charge in [-0.1, -0.05) is 13.8 Å². The maximum absolute atomic E-state index is 12.0. The van der Waals surface area contributed by atoms with Crippen LogP contribution in [0, 0.1) is 16.7 Å². The van der Waals surface area contributed by atoms with Crippen LogP contribution in [-0.2, 0) is 24.4 Å². The van der Waals surface area contributed by atoms with E-state index in [0.29, 0.717) is 66.7 Å². The van der Waals surface area contributed by atoms with Gasteiger partial charge in [0.25, 0.3) is 10.1 Å². The van der Waals surface area contributed by atoms with E-state index in [4.69, 9.17) is 24.5 Å². The van der Waals surface area contributed by atoms with Crippen LogP contribution in [0.2, 0.25) is 0 Å². The number of nitrogens with one attached hydrogen (secondary N) is 1. The zero-order chi connectivity index (χ0) is 31.6. The van der Waals surface area contributed by atoms with E-state index < -0.39 is 21.3 Å². The number of benzene rings is 1. The molecule has 2 heterocycles. The number of nitrogens with two attached hydrogens (primary N) is 1. The van der Waals surface area contributed by atoms with Crippen LogP contribution in [0.15, 0.2) is 12.1 Å². The van der Waals surface area contributed by atoms with E-state index in [0.717, 1.165) is 25.7 Å². The van der Waals surface area contributed by atoms with Crippen LogP contribution in [0.25, 0.3) is 10.9 Å². The van der Waals surface area contributed by atoms with Crippen molar-refractivity contribution in [3.05, 3.63) is 12.1 Å². The van der Waals surface area contributed by atoms with Gasteiger partial charge in [-0.25, -0.2) is 4.98 Å². The molecule has 238 valence electrons. The second kappa shape index (κ2) is 12.8. The number of nitrogens with zero attached hydrogens (tertiary/aromatic N) is 3. The lowest BCUT2D eigenvalue weighted by molar-refractivity contribution is -0.130. The number of amides is 1. The highest BCUT2D eigenvalue weighted by Gasteiger charge is 2.65. The fraction of sp³-hybridized carbons (Fsp3) is 0.655. The summed E-state index contributed by atoms with van der Waals surface area (Å²) in [4.78, 5) is 34.7. The molecular weight excluding hydrogens is 578 g/mol. The Hall–Kier alpha value is -3.23. The third-order valence-corrected chi connectivity index (χ3v) is 10.2. The normalized spacial score (nSPS) is 24.0. The zero-order valence-electron chi connectivity index (χ0n) is 25.5.